The lowest BCUT2D eigenvalue weighted by molar-refractivity contribution is -0.129. The molecule has 1 atom stereocenters. The zero-order valence-electron chi connectivity index (χ0n) is 18.7. The van der Waals surface area contributed by atoms with E-state index in [-0.39, 0.29) is 17.9 Å². The van der Waals surface area contributed by atoms with Crippen LogP contribution in [0, 0.1) is 6.92 Å². The molecule has 1 aliphatic rings. The van der Waals surface area contributed by atoms with Crippen LogP contribution in [0.15, 0.2) is 76.6 Å². The number of ketones is 1. The number of amides is 1. The normalized spacial score (nSPS) is 15.8. The molecule has 2 aromatic carbocycles. The van der Waals surface area contributed by atoms with Crippen molar-refractivity contribution in [2.75, 3.05) is 20.8 Å². The lowest BCUT2D eigenvalue weighted by Gasteiger charge is -2.27. The first-order valence-corrected chi connectivity index (χ1v) is 10.5. The fourth-order valence-corrected chi connectivity index (χ4v) is 4.04. The van der Waals surface area contributed by atoms with Gasteiger partial charge >= 0.3 is 0 Å². The molecular weight excluding hydrogens is 422 g/mol. The molecule has 7 nitrogen and oxygen atoms in total. The van der Waals surface area contributed by atoms with E-state index in [1.54, 1.807) is 26.4 Å². The highest BCUT2D eigenvalue weighted by atomic mass is 16.5. The minimum Gasteiger partial charge on any atom is -0.503 e. The molecule has 0 saturated heterocycles. The first-order valence-electron chi connectivity index (χ1n) is 10.5. The van der Waals surface area contributed by atoms with Gasteiger partial charge in [-0.3, -0.25) is 9.59 Å². The van der Waals surface area contributed by atoms with E-state index >= 15 is 0 Å². The molecule has 0 unspecified atom stereocenters. The zero-order chi connectivity index (χ0) is 23.5. The molecule has 1 amide bonds. The zero-order valence-corrected chi connectivity index (χ0v) is 18.7. The Morgan fingerprint density at radius 2 is 1.79 bits per heavy atom. The predicted octanol–water partition coefficient (Wildman–Crippen LogP) is 4.43. The summed E-state index contributed by atoms with van der Waals surface area (Å²) in [6.45, 7) is 2.24. The van der Waals surface area contributed by atoms with Crippen molar-refractivity contribution < 1.29 is 28.6 Å². The maximum Gasteiger partial charge on any atom is 0.290 e. The van der Waals surface area contributed by atoms with Gasteiger partial charge in [0.25, 0.3) is 5.91 Å². The van der Waals surface area contributed by atoms with E-state index in [9.17, 15) is 14.7 Å². The maximum atomic E-state index is 13.2. The highest BCUT2D eigenvalue weighted by Gasteiger charge is 2.44. The van der Waals surface area contributed by atoms with Crippen LogP contribution >= 0.6 is 0 Å². The summed E-state index contributed by atoms with van der Waals surface area (Å²) in [5, 5.41) is 10.7. The summed E-state index contributed by atoms with van der Waals surface area (Å²) < 4.78 is 15.9. The van der Waals surface area contributed by atoms with Gasteiger partial charge in [0.1, 0.15) is 0 Å². The summed E-state index contributed by atoms with van der Waals surface area (Å²) >= 11 is 0. The van der Waals surface area contributed by atoms with E-state index in [0.29, 0.717) is 17.9 Å². The van der Waals surface area contributed by atoms with Crippen LogP contribution in [0.25, 0.3) is 0 Å². The molecule has 1 aromatic heterocycles. The number of benzene rings is 2. The molecule has 1 N–H and O–H groups in total. The van der Waals surface area contributed by atoms with Crippen LogP contribution in [0.1, 0.15) is 33.3 Å². The molecule has 2 heterocycles. The van der Waals surface area contributed by atoms with Crippen LogP contribution in [-0.2, 0) is 11.2 Å². The van der Waals surface area contributed by atoms with Crippen LogP contribution in [-0.4, -0.2) is 42.5 Å². The first kappa shape index (κ1) is 22.2. The topological polar surface area (TPSA) is 89.2 Å². The molecule has 3 aromatic rings. The van der Waals surface area contributed by atoms with Crippen molar-refractivity contribution in [3.05, 3.63) is 94.6 Å². The molecule has 0 radical (unpaired) electrons. The van der Waals surface area contributed by atoms with Gasteiger partial charge in [0.15, 0.2) is 23.0 Å². The van der Waals surface area contributed by atoms with E-state index in [0.717, 1.165) is 16.7 Å². The molecule has 0 saturated carbocycles. The lowest BCUT2D eigenvalue weighted by atomic mass is 9.94. The van der Waals surface area contributed by atoms with Crippen molar-refractivity contribution in [3.8, 4) is 11.5 Å². The number of aryl methyl sites for hydroxylation is 1. The van der Waals surface area contributed by atoms with Crippen molar-refractivity contribution in [1.29, 1.82) is 0 Å². The molecule has 0 bridgehead atoms. The Kier molecular flexibility index (Phi) is 6.22. The van der Waals surface area contributed by atoms with Crippen molar-refractivity contribution in [1.82, 2.24) is 4.90 Å². The molecular formula is C26H25NO6. The van der Waals surface area contributed by atoms with Crippen LogP contribution in [0.2, 0.25) is 0 Å². The van der Waals surface area contributed by atoms with E-state index in [2.05, 4.69) is 0 Å². The Bertz CT molecular complexity index is 1190. The second-order valence-electron chi connectivity index (χ2n) is 7.82. The van der Waals surface area contributed by atoms with Gasteiger partial charge in [-0.15, -0.1) is 0 Å². The van der Waals surface area contributed by atoms with Crippen molar-refractivity contribution in [2.24, 2.45) is 0 Å². The quantitative estimate of drug-likeness (QED) is 0.514. The minimum atomic E-state index is -0.726. The number of carbonyl (C=O) groups is 2. The number of nitrogens with zero attached hydrogens (tertiary/aromatic N) is 1. The molecule has 0 aliphatic carbocycles. The number of hydrogen-bond acceptors (Lipinski definition) is 6. The van der Waals surface area contributed by atoms with Gasteiger partial charge in [0, 0.05) is 6.54 Å². The van der Waals surface area contributed by atoms with Crippen LogP contribution in [0.5, 0.6) is 11.5 Å². The largest absolute Gasteiger partial charge is 0.503 e. The molecule has 170 valence electrons. The number of furan rings is 1. The summed E-state index contributed by atoms with van der Waals surface area (Å²) in [4.78, 5) is 27.8. The second-order valence-corrected chi connectivity index (χ2v) is 7.82. The van der Waals surface area contributed by atoms with E-state index in [1.165, 1.54) is 17.2 Å². The number of Topliss-reactive ketones (excluding diaryl/α,β-unsaturated/α-hetero) is 1. The van der Waals surface area contributed by atoms with E-state index in [4.69, 9.17) is 13.9 Å². The SMILES string of the molecule is COc1ccc(CCN2C(=O)C(O)=C(C(=O)c3ccco3)[C@@H]2c2ccc(C)cc2)cc1OC. The number of carbonyl (C=O) groups excluding carboxylic acids is 2. The number of hydrogen-bond donors (Lipinski definition) is 1. The lowest BCUT2D eigenvalue weighted by Crippen LogP contribution is -2.33. The molecule has 33 heavy (non-hydrogen) atoms. The fourth-order valence-electron chi connectivity index (χ4n) is 4.04. The van der Waals surface area contributed by atoms with Crippen molar-refractivity contribution in [3.63, 3.8) is 0 Å². The monoisotopic (exact) mass is 447 g/mol. The summed E-state index contributed by atoms with van der Waals surface area (Å²) in [6, 6.07) is 15.5. The van der Waals surface area contributed by atoms with Crippen molar-refractivity contribution in [2.45, 2.75) is 19.4 Å². The number of methoxy groups -OCH3 is 2. The predicted molar refractivity (Wildman–Crippen MR) is 122 cm³/mol. The van der Waals surface area contributed by atoms with Gasteiger partial charge in [-0.25, -0.2) is 0 Å². The molecule has 0 fully saturated rings. The van der Waals surface area contributed by atoms with Crippen LogP contribution in [0.3, 0.4) is 0 Å². The van der Waals surface area contributed by atoms with Gasteiger partial charge in [-0.2, -0.15) is 0 Å². The van der Waals surface area contributed by atoms with E-state index < -0.39 is 23.5 Å². The van der Waals surface area contributed by atoms with Crippen molar-refractivity contribution >= 4 is 11.7 Å². The van der Waals surface area contributed by atoms with Gasteiger partial charge in [-0.1, -0.05) is 35.9 Å². The first-order chi connectivity index (χ1) is 15.9. The number of ether oxygens (including phenoxy) is 2. The Morgan fingerprint density at radius 3 is 2.42 bits per heavy atom. The van der Waals surface area contributed by atoms with Gasteiger partial charge in [0.2, 0.25) is 5.78 Å². The summed E-state index contributed by atoms with van der Waals surface area (Å²) in [5.74, 6) is -0.368. The third-order valence-electron chi connectivity index (χ3n) is 5.78. The average molecular weight is 447 g/mol. The standard InChI is InChI=1S/C26H25NO6/c1-16-6-9-18(10-7-16)23-22(24(28)20-5-4-14-33-20)25(29)26(30)27(23)13-12-17-8-11-19(31-2)21(15-17)32-3/h4-11,14-15,23,29H,12-13H2,1-3H3/t23-/m0/s1. The van der Waals surface area contributed by atoms with Gasteiger partial charge in [0.05, 0.1) is 32.1 Å². The summed E-state index contributed by atoms with van der Waals surface area (Å²) in [5.41, 5.74) is 2.73. The number of rotatable bonds is 8. The summed E-state index contributed by atoms with van der Waals surface area (Å²) in [6.07, 6.45) is 1.88. The highest BCUT2D eigenvalue weighted by molar-refractivity contribution is 6.15. The fraction of sp³-hybridized carbons (Fsp3) is 0.231. The number of aliphatic hydroxyl groups is 1. The smallest absolute Gasteiger partial charge is 0.290 e. The van der Waals surface area contributed by atoms with Gasteiger partial charge < -0.3 is 23.9 Å². The Labute approximate surface area is 191 Å². The van der Waals surface area contributed by atoms with Crippen LogP contribution in [0.4, 0.5) is 0 Å². The minimum absolute atomic E-state index is 0.0196. The molecule has 7 heteroatoms. The molecule has 4 rings (SSSR count). The van der Waals surface area contributed by atoms with Gasteiger partial charge in [-0.05, 0) is 48.7 Å². The third-order valence-corrected chi connectivity index (χ3v) is 5.78. The van der Waals surface area contributed by atoms with E-state index in [1.807, 2.05) is 43.3 Å². The highest BCUT2D eigenvalue weighted by Crippen LogP contribution is 2.39. The Balaban J connectivity index is 1.67. The molecule has 0 spiro atoms. The molecule has 1 aliphatic heterocycles. The second kappa shape index (κ2) is 9.24. The average Bonchev–Trinajstić information content (AvgIpc) is 3.45. The number of aliphatic hydroxyl groups excluding tert-OH is 1. The Hall–Kier alpha value is -4.00. The maximum absolute atomic E-state index is 13.2. The van der Waals surface area contributed by atoms with Crippen LogP contribution < -0.4 is 9.47 Å². The Morgan fingerprint density at radius 1 is 1.06 bits per heavy atom. The summed E-state index contributed by atoms with van der Waals surface area (Å²) in [7, 11) is 3.13. The third kappa shape index (κ3) is 4.22.